The monoisotopic (exact) mass is 217 g/mol. The van der Waals surface area contributed by atoms with E-state index in [1.54, 1.807) is 18.3 Å². The smallest absolute Gasteiger partial charge is 0.240 e. The van der Waals surface area contributed by atoms with Crippen LogP contribution in [0.4, 0.5) is 0 Å². The fourth-order valence-electron chi connectivity index (χ4n) is 1.13. The second-order valence-corrected chi connectivity index (χ2v) is 3.03. The number of nitrogens with one attached hydrogen (secondary N) is 1. The summed E-state index contributed by atoms with van der Waals surface area (Å²) in [6.07, 6.45) is 4.84. The summed E-state index contributed by atoms with van der Waals surface area (Å²) in [7, 11) is 0. The first-order chi connectivity index (χ1) is 7.90. The molecule has 0 radical (unpaired) electrons. The highest BCUT2D eigenvalue weighted by Gasteiger charge is 2.08. The van der Waals surface area contributed by atoms with E-state index in [9.17, 15) is 0 Å². The second-order valence-electron chi connectivity index (χ2n) is 3.03. The highest BCUT2D eigenvalue weighted by molar-refractivity contribution is 5.46. The minimum Gasteiger partial charge on any atom is -0.337 e. The second kappa shape index (κ2) is 5.13. The van der Waals surface area contributed by atoms with Gasteiger partial charge in [0.15, 0.2) is 0 Å². The quantitative estimate of drug-likeness (QED) is 0.589. The maximum Gasteiger partial charge on any atom is 0.240 e. The molecule has 0 saturated heterocycles. The molecule has 0 aromatic carbocycles. The van der Waals surface area contributed by atoms with E-state index in [2.05, 4.69) is 32.0 Å². The Labute approximate surface area is 92.4 Å². The highest BCUT2D eigenvalue weighted by Crippen LogP contribution is 2.10. The minimum absolute atomic E-state index is 0.470. The summed E-state index contributed by atoms with van der Waals surface area (Å²) >= 11 is 0. The summed E-state index contributed by atoms with van der Waals surface area (Å²) in [5, 5.41) is 6.89. The lowest BCUT2D eigenvalue weighted by molar-refractivity contribution is 0.370. The van der Waals surface area contributed by atoms with Gasteiger partial charge in [-0.1, -0.05) is 11.2 Å². The van der Waals surface area contributed by atoms with Gasteiger partial charge in [0.05, 0.1) is 6.54 Å². The molecular weight excluding hydrogens is 206 g/mol. The predicted octanol–water partition coefficient (Wildman–Crippen LogP) is 0.802. The molecule has 0 aliphatic rings. The van der Waals surface area contributed by atoms with Gasteiger partial charge in [-0.25, -0.2) is 9.97 Å². The van der Waals surface area contributed by atoms with Crippen molar-refractivity contribution in [3.05, 3.63) is 37.1 Å². The van der Waals surface area contributed by atoms with E-state index in [4.69, 9.17) is 4.52 Å². The Morgan fingerprint density at radius 2 is 2.44 bits per heavy atom. The Bertz CT molecular complexity index is 453. The molecule has 0 aliphatic heterocycles. The summed E-state index contributed by atoms with van der Waals surface area (Å²) in [5.74, 6) is 0.994. The van der Waals surface area contributed by atoms with Crippen LogP contribution in [0.2, 0.25) is 0 Å². The maximum atomic E-state index is 5.05. The van der Waals surface area contributed by atoms with Crippen molar-refractivity contribution in [1.82, 2.24) is 25.4 Å². The van der Waals surface area contributed by atoms with Crippen molar-refractivity contribution in [2.45, 2.75) is 6.54 Å². The fraction of sp³-hybridized carbons (Fsp3) is 0.200. The van der Waals surface area contributed by atoms with Crippen molar-refractivity contribution >= 4 is 0 Å². The molecule has 0 spiro atoms. The zero-order chi connectivity index (χ0) is 11.2. The van der Waals surface area contributed by atoms with Gasteiger partial charge in [-0.15, -0.1) is 6.58 Å². The van der Waals surface area contributed by atoms with Gasteiger partial charge >= 0.3 is 0 Å². The third kappa shape index (κ3) is 2.48. The Hall–Kier alpha value is -2.08. The average molecular weight is 217 g/mol. The Morgan fingerprint density at radius 1 is 1.50 bits per heavy atom. The van der Waals surface area contributed by atoms with Crippen LogP contribution in [0.1, 0.15) is 5.89 Å². The number of hydrogen-bond acceptors (Lipinski definition) is 6. The lowest BCUT2D eigenvalue weighted by atomic mass is 10.4. The molecular formula is C10H11N5O. The summed E-state index contributed by atoms with van der Waals surface area (Å²) in [4.78, 5) is 12.0. The normalized spacial score (nSPS) is 10.2. The van der Waals surface area contributed by atoms with Crippen LogP contribution in [-0.4, -0.2) is 26.7 Å². The van der Waals surface area contributed by atoms with E-state index >= 15 is 0 Å². The van der Waals surface area contributed by atoms with Crippen LogP contribution >= 0.6 is 0 Å². The zero-order valence-corrected chi connectivity index (χ0v) is 8.63. The Morgan fingerprint density at radius 3 is 3.19 bits per heavy atom. The Kier molecular flexibility index (Phi) is 3.35. The average Bonchev–Trinajstić information content (AvgIpc) is 2.79. The molecule has 16 heavy (non-hydrogen) atoms. The van der Waals surface area contributed by atoms with Gasteiger partial charge in [0.2, 0.25) is 11.7 Å². The standard InChI is InChI=1S/C10H11N5O/c1-2-4-11-6-9-14-10(15-16-9)8-3-5-12-7-13-8/h2-3,5,7,11H,1,4,6H2. The van der Waals surface area contributed by atoms with Gasteiger partial charge in [-0.3, -0.25) is 0 Å². The number of nitrogens with zero attached hydrogens (tertiary/aromatic N) is 4. The molecule has 0 amide bonds. The molecule has 82 valence electrons. The van der Waals surface area contributed by atoms with Crippen LogP contribution in [0, 0.1) is 0 Å². The third-order valence-corrected chi connectivity index (χ3v) is 1.84. The van der Waals surface area contributed by atoms with Crippen molar-refractivity contribution < 1.29 is 4.52 Å². The predicted molar refractivity (Wildman–Crippen MR) is 57.2 cm³/mol. The molecule has 0 aliphatic carbocycles. The lowest BCUT2D eigenvalue weighted by Crippen LogP contribution is -2.12. The van der Waals surface area contributed by atoms with Gasteiger partial charge in [0, 0.05) is 12.7 Å². The van der Waals surface area contributed by atoms with Gasteiger partial charge in [-0.05, 0) is 6.07 Å². The zero-order valence-electron chi connectivity index (χ0n) is 8.63. The summed E-state index contributed by atoms with van der Waals surface area (Å²) in [6, 6.07) is 1.73. The summed E-state index contributed by atoms with van der Waals surface area (Å²) < 4.78 is 5.05. The number of rotatable bonds is 5. The molecule has 0 fully saturated rings. The summed E-state index contributed by atoms with van der Waals surface area (Å²) in [5.41, 5.74) is 0.647. The van der Waals surface area contributed by atoms with Crippen LogP contribution in [-0.2, 0) is 6.54 Å². The van der Waals surface area contributed by atoms with Gasteiger partial charge in [-0.2, -0.15) is 4.98 Å². The van der Waals surface area contributed by atoms with Crippen LogP contribution in [0.25, 0.3) is 11.5 Å². The molecule has 0 saturated carbocycles. The van der Waals surface area contributed by atoms with Crippen molar-refractivity contribution in [2.75, 3.05) is 6.54 Å². The summed E-state index contributed by atoms with van der Waals surface area (Å²) in [6.45, 7) is 4.82. The van der Waals surface area contributed by atoms with E-state index in [0.717, 1.165) is 0 Å². The van der Waals surface area contributed by atoms with Crippen LogP contribution in [0.15, 0.2) is 35.8 Å². The fourth-order valence-corrected chi connectivity index (χ4v) is 1.13. The highest BCUT2D eigenvalue weighted by atomic mass is 16.5. The van der Waals surface area contributed by atoms with Crippen LogP contribution in [0.5, 0.6) is 0 Å². The van der Waals surface area contributed by atoms with E-state index in [0.29, 0.717) is 30.5 Å². The largest absolute Gasteiger partial charge is 0.337 e. The number of hydrogen-bond donors (Lipinski definition) is 1. The molecule has 0 unspecified atom stereocenters. The van der Waals surface area contributed by atoms with Crippen molar-refractivity contribution in [1.29, 1.82) is 0 Å². The van der Waals surface area contributed by atoms with Gasteiger partial charge in [0.25, 0.3) is 0 Å². The van der Waals surface area contributed by atoms with E-state index in [-0.39, 0.29) is 0 Å². The van der Waals surface area contributed by atoms with E-state index in [1.165, 1.54) is 6.33 Å². The number of aromatic nitrogens is 4. The third-order valence-electron chi connectivity index (χ3n) is 1.84. The van der Waals surface area contributed by atoms with Crippen LogP contribution < -0.4 is 5.32 Å². The Balaban J connectivity index is 2.05. The molecule has 6 nitrogen and oxygen atoms in total. The SMILES string of the molecule is C=CCNCc1nc(-c2ccncn2)no1. The first kappa shape index (κ1) is 10.4. The van der Waals surface area contributed by atoms with Crippen molar-refractivity contribution in [3.8, 4) is 11.5 Å². The topological polar surface area (TPSA) is 76.7 Å². The first-order valence-electron chi connectivity index (χ1n) is 4.80. The molecule has 0 atom stereocenters. The van der Waals surface area contributed by atoms with Crippen molar-refractivity contribution in [2.24, 2.45) is 0 Å². The van der Waals surface area contributed by atoms with Gasteiger partial charge < -0.3 is 9.84 Å². The van der Waals surface area contributed by atoms with E-state index in [1.807, 2.05) is 0 Å². The van der Waals surface area contributed by atoms with Crippen molar-refractivity contribution in [3.63, 3.8) is 0 Å². The molecule has 1 N–H and O–H groups in total. The maximum absolute atomic E-state index is 5.05. The lowest BCUT2D eigenvalue weighted by Gasteiger charge is -1.93. The molecule has 2 heterocycles. The molecule has 2 rings (SSSR count). The van der Waals surface area contributed by atoms with Crippen LogP contribution in [0.3, 0.4) is 0 Å². The minimum atomic E-state index is 0.470. The molecule has 2 aromatic rings. The molecule has 6 heteroatoms. The first-order valence-corrected chi connectivity index (χ1v) is 4.80. The molecule has 0 bridgehead atoms. The van der Waals surface area contributed by atoms with Gasteiger partial charge in [0.1, 0.15) is 12.0 Å². The molecule has 2 aromatic heterocycles. The van der Waals surface area contributed by atoms with E-state index < -0.39 is 0 Å².